The number of benzene rings is 2. The van der Waals surface area contributed by atoms with Crippen molar-refractivity contribution in [2.24, 2.45) is 21.5 Å². The monoisotopic (exact) mass is 596 g/mol. The van der Waals surface area contributed by atoms with Gasteiger partial charge < -0.3 is 16.8 Å². The summed E-state index contributed by atoms with van der Waals surface area (Å²) in [5, 5.41) is 5.28. The number of hydrogen-bond donors (Lipinski definition) is 5. The first-order valence-corrected chi connectivity index (χ1v) is 16.1. The van der Waals surface area contributed by atoms with Gasteiger partial charge in [0.25, 0.3) is 10.0 Å². The van der Waals surface area contributed by atoms with Crippen LogP contribution in [0.25, 0.3) is 0 Å². The van der Waals surface area contributed by atoms with Gasteiger partial charge in [-0.2, -0.15) is 16.8 Å². The molecular formula is C22H28N8O4S4. The number of rotatable bonds is 12. The van der Waals surface area contributed by atoms with Crippen LogP contribution in [-0.2, 0) is 32.3 Å². The maximum absolute atomic E-state index is 12.9. The molecule has 12 nitrogen and oxygen atoms in total. The number of nitrogens with one attached hydrogen (secondary N) is 3. The summed E-state index contributed by atoms with van der Waals surface area (Å²) in [6.45, 7) is 0.495. The minimum Gasteiger partial charge on any atom is -0.370 e. The molecule has 204 valence electrons. The summed E-state index contributed by atoms with van der Waals surface area (Å²) in [6.07, 6.45) is 0. The SMILES string of the molecule is CN=C(NCCSCc1csc(N=C(N)N)n1)NS(=O)(=O)c1cccc(S(=O)(=O)NCc2ccccc2)c1. The Morgan fingerprint density at radius 3 is 2.42 bits per heavy atom. The fraction of sp³-hybridized carbons (Fsp3) is 0.227. The largest absolute Gasteiger partial charge is 0.370 e. The third-order valence-electron chi connectivity index (χ3n) is 4.74. The molecule has 0 saturated carbocycles. The average Bonchev–Trinajstić information content (AvgIpc) is 3.33. The molecule has 7 N–H and O–H groups in total. The molecule has 3 rings (SSSR count). The summed E-state index contributed by atoms with van der Waals surface area (Å²) in [7, 11) is -6.60. The third kappa shape index (κ3) is 8.98. The zero-order chi connectivity index (χ0) is 27.6. The van der Waals surface area contributed by atoms with E-state index in [-0.39, 0.29) is 28.3 Å². The van der Waals surface area contributed by atoms with Crippen molar-refractivity contribution >= 4 is 60.2 Å². The lowest BCUT2D eigenvalue weighted by Gasteiger charge is -2.13. The highest BCUT2D eigenvalue weighted by Crippen LogP contribution is 2.21. The molecule has 0 atom stereocenters. The van der Waals surface area contributed by atoms with Crippen LogP contribution >= 0.6 is 23.1 Å². The van der Waals surface area contributed by atoms with Gasteiger partial charge in [0.15, 0.2) is 5.96 Å². The highest BCUT2D eigenvalue weighted by atomic mass is 32.2. The van der Waals surface area contributed by atoms with Crippen molar-refractivity contribution in [3.8, 4) is 0 Å². The van der Waals surface area contributed by atoms with E-state index in [4.69, 9.17) is 11.5 Å². The minimum absolute atomic E-state index is 0.0322. The van der Waals surface area contributed by atoms with Crippen molar-refractivity contribution in [1.29, 1.82) is 0 Å². The normalized spacial score (nSPS) is 12.2. The van der Waals surface area contributed by atoms with Crippen molar-refractivity contribution in [3.05, 3.63) is 71.2 Å². The van der Waals surface area contributed by atoms with E-state index in [9.17, 15) is 16.8 Å². The van der Waals surface area contributed by atoms with E-state index in [1.54, 1.807) is 36.0 Å². The molecule has 2 aromatic carbocycles. The lowest BCUT2D eigenvalue weighted by atomic mass is 10.2. The topological polar surface area (TPSA) is 194 Å². The van der Waals surface area contributed by atoms with Crippen LogP contribution in [0.3, 0.4) is 0 Å². The number of aromatic nitrogens is 1. The summed E-state index contributed by atoms with van der Waals surface area (Å²) in [5.74, 6) is 1.24. The number of sulfonamides is 2. The second-order valence-electron chi connectivity index (χ2n) is 7.60. The molecule has 0 spiro atoms. The van der Waals surface area contributed by atoms with Crippen LogP contribution in [0, 0.1) is 0 Å². The van der Waals surface area contributed by atoms with E-state index in [0.29, 0.717) is 23.2 Å². The molecule has 16 heteroatoms. The molecule has 0 bridgehead atoms. The zero-order valence-electron chi connectivity index (χ0n) is 20.4. The van der Waals surface area contributed by atoms with Gasteiger partial charge in [-0.05, 0) is 23.8 Å². The molecule has 0 saturated heterocycles. The molecule has 0 amide bonds. The Morgan fingerprint density at radius 2 is 1.74 bits per heavy atom. The first kappa shape index (κ1) is 29.4. The quantitative estimate of drug-likeness (QED) is 0.116. The van der Waals surface area contributed by atoms with Crippen LogP contribution < -0.4 is 26.2 Å². The molecular weight excluding hydrogens is 569 g/mol. The number of guanidine groups is 2. The molecule has 0 aliphatic carbocycles. The lowest BCUT2D eigenvalue weighted by Crippen LogP contribution is -2.41. The molecule has 38 heavy (non-hydrogen) atoms. The molecule has 1 heterocycles. The number of thioether (sulfide) groups is 1. The zero-order valence-corrected chi connectivity index (χ0v) is 23.6. The predicted octanol–water partition coefficient (Wildman–Crippen LogP) is 1.31. The number of nitrogens with two attached hydrogens (primary N) is 2. The molecule has 0 fully saturated rings. The van der Waals surface area contributed by atoms with Gasteiger partial charge in [-0.25, -0.2) is 31.3 Å². The number of hydrogen-bond acceptors (Lipinski definition) is 9. The van der Waals surface area contributed by atoms with Crippen LogP contribution in [0.15, 0.2) is 79.8 Å². The van der Waals surface area contributed by atoms with Gasteiger partial charge in [0, 0.05) is 37.0 Å². The maximum atomic E-state index is 12.9. The summed E-state index contributed by atoms with van der Waals surface area (Å²) >= 11 is 2.91. The van der Waals surface area contributed by atoms with Gasteiger partial charge in [-0.15, -0.1) is 11.3 Å². The molecule has 3 aromatic rings. The van der Waals surface area contributed by atoms with Crippen LogP contribution in [0.1, 0.15) is 11.3 Å². The molecule has 0 radical (unpaired) electrons. The Bertz CT molecular complexity index is 1490. The van der Waals surface area contributed by atoms with Gasteiger partial charge in [0.1, 0.15) is 0 Å². The predicted molar refractivity (Wildman–Crippen MR) is 152 cm³/mol. The lowest BCUT2D eigenvalue weighted by molar-refractivity contribution is 0.581. The number of thiazole rings is 1. The Kier molecular flexibility index (Phi) is 10.5. The molecule has 0 aliphatic rings. The number of aliphatic imine (C=N–C) groups is 2. The maximum Gasteiger partial charge on any atom is 0.264 e. The van der Waals surface area contributed by atoms with E-state index in [1.165, 1.54) is 36.6 Å². The first-order valence-electron chi connectivity index (χ1n) is 11.1. The van der Waals surface area contributed by atoms with Crippen molar-refractivity contribution in [2.45, 2.75) is 22.1 Å². The van der Waals surface area contributed by atoms with Gasteiger partial charge >= 0.3 is 0 Å². The van der Waals surface area contributed by atoms with Gasteiger partial charge in [-0.1, -0.05) is 36.4 Å². The fourth-order valence-electron chi connectivity index (χ4n) is 2.96. The average molecular weight is 597 g/mol. The summed E-state index contributed by atoms with van der Waals surface area (Å²) in [4.78, 5) is 11.8. The van der Waals surface area contributed by atoms with Crippen molar-refractivity contribution in [2.75, 3.05) is 19.3 Å². The Labute approximate surface area is 230 Å². The van der Waals surface area contributed by atoms with Crippen LogP contribution in [0.4, 0.5) is 5.13 Å². The van der Waals surface area contributed by atoms with E-state index in [2.05, 4.69) is 29.7 Å². The van der Waals surface area contributed by atoms with Crippen LogP contribution in [0.5, 0.6) is 0 Å². The van der Waals surface area contributed by atoms with E-state index in [1.807, 2.05) is 11.4 Å². The van der Waals surface area contributed by atoms with Crippen LogP contribution in [0.2, 0.25) is 0 Å². The standard InChI is InChI=1S/C22H28N8O4S4/c1-25-21(26-10-11-35-14-17-15-36-22(28-17)29-20(23)24)30-38(33,34)19-9-5-8-18(12-19)37(31,32)27-13-16-6-3-2-4-7-16/h2-9,12,15,27H,10-11,13-14H2,1H3,(H2,25,26,30)(H4,23,24,28,29). The Hall–Kier alpha value is -3.18. The Balaban J connectivity index is 1.53. The van der Waals surface area contributed by atoms with Gasteiger partial charge in [0.2, 0.25) is 21.1 Å². The summed E-state index contributed by atoms with van der Waals surface area (Å²) in [5.41, 5.74) is 12.3. The second kappa shape index (κ2) is 13.6. The van der Waals surface area contributed by atoms with Crippen molar-refractivity contribution < 1.29 is 16.8 Å². The first-order chi connectivity index (χ1) is 18.1. The minimum atomic E-state index is -4.10. The Morgan fingerprint density at radius 1 is 1.03 bits per heavy atom. The summed E-state index contributed by atoms with van der Waals surface area (Å²) in [6, 6.07) is 14.1. The summed E-state index contributed by atoms with van der Waals surface area (Å²) < 4.78 is 56.2. The van der Waals surface area contributed by atoms with Gasteiger partial charge in [0.05, 0.1) is 15.5 Å². The smallest absolute Gasteiger partial charge is 0.264 e. The number of nitrogens with zero attached hydrogens (tertiary/aromatic N) is 3. The molecule has 0 unspecified atom stereocenters. The highest BCUT2D eigenvalue weighted by molar-refractivity contribution is 7.98. The molecule has 1 aromatic heterocycles. The second-order valence-corrected chi connectivity index (χ2v) is 13.0. The third-order valence-corrected chi connectivity index (χ3v) is 9.25. The van der Waals surface area contributed by atoms with Crippen LogP contribution in [-0.4, -0.2) is 53.1 Å². The highest BCUT2D eigenvalue weighted by Gasteiger charge is 2.21. The van der Waals surface area contributed by atoms with Gasteiger partial charge in [-0.3, -0.25) is 4.99 Å². The van der Waals surface area contributed by atoms with Crippen molar-refractivity contribution in [3.63, 3.8) is 0 Å². The van der Waals surface area contributed by atoms with Crippen molar-refractivity contribution in [1.82, 2.24) is 19.7 Å². The van der Waals surface area contributed by atoms with E-state index in [0.717, 1.165) is 17.3 Å². The van der Waals surface area contributed by atoms with E-state index < -0.39 is 20.0 Å². The fourth-order valence-corrected chi connectivity index (χ4v) is 6.73. The van der Waals surface area contributed by atoms with E-state index >= 15 is 0 Å². The molecule has 0 aliphatic heterocycles.